The van der Waals surface area contributed by atoms with Gasteiger partial charge in [-0.1, -0.05) is 22.0 Å². The summed E-state index contributed by atoms with van der Waals surface area (Å²) in [5, 5.41) is 0. The first-order valence-corrected chi connectivity index (χ1v) is 5.80. The molecule has 0 aliphatic rings. The van der Waals surface area contributed by atoms with E-state index in [1.165, 1.54) is 13.0 Å². The third-order valence-corrected chi connectivity index (χ3v) is 3.45. The van der Waals surface area contributed by atoms with E-state index in [1.807, 2.05) is 0 Å². The maximum atomic E-state index is 13.1. The summed E-state index contributed by atoms with van der Waals surface area (Å²) in [7, 11) is 0. The first kappa shape index (κ1) is 11.9. The normalized spacial score (nSPS) is 12.6. The Kier molecular flexibility index (Phi) is 4.26. The molecule has 1 atom stereocenters. The van der Waals surface area contributed by atoms with Crippen molar-refractivity contribution in [2.75, 3.05) is 0 Å². The standard InChI is InChI=1S/C10H9Br2FO/c1-6(14)9(12)4-7-2-3-8(11)10(13)5-7/h2-3,5,9H,4H2,1H3. The van der Waals surface area contributed by atoms with Gasteiger partial charge in [0.15, 0.2) is 0 Å². The molecule has 76 valence electrons. The molecule has 0 saturated carbocycles. The van der Waals surface area contributed by atoms with Gasteiger partial charge in [0.1, 0.15) is 11.6 Å². The second-order valence-corrected chi connectivity index (χ2v) is 4.99. The topological polar surface area (TPSA) is 17.1 Å². The molecule has 0 aliphatic heterocycles. The number of ketones is 1. The molecular formula is C10H9Br2FO. The van der Waals surface area contributed by atoms with Crippen LogP contribution in [0, 0.1) is 5.82 Å². The van der Waals surface area contributed by atoms with Crippen LogP contribution in [0.1, 0.15) is 12.5 Å². The number of alkyl halides is 1. The van der Waals surface area contributed by atoms with Crippen molar-refractivity contribution in [1.29, 1.82) is 0 Å². The SMILES string of the molecule is CC(=O)C(Br)Cc1ccc(Br)c(F)c1. The summed E-state index contributed by atoms with van der Waals surface area (Å²) in [5.41, 5.74) is 0.808. The van der Waals surface area contributed by atoms with E-state index < -0.39 is 0 Å². The van der Waals surface area contributed by atoms with Crippen molar-refractivity contribution >= 4 is 37.6 Å². The van der Waals surface area contributed by atoms with Gasteiger partial charge in [0.2, 0.25) is 0 Å². The van der Waals surface area contributed by atoms with E-state index in [0.717, 1.165) is 5.56 Å². The van der Waals surface area contributed by atoms with Crippen LogP contribution in [-0.4, -0.2) is 10.6 Å². The van der Waals surface area contributed by atoms with E-state index in [-0.39, 0.29) is 16.4 Å². The summed E-state index contributed by atoms with van der Waals surface area (Å²) in [6.45, 7) is 1.51. The number of carbonyl (C=O) groups is 1. The van der Waals surface area contributed by atoms with Crippen molar-refractivity contribution in [3.8, 4) is 0 Å². The van der Waals surface area contributed by atoms with Crippen LogP contribution in [0.15, 0.2) is 22.7 Å². The van der Waals surface area contributed by atoms with Gasteiger partial charge in [0, 0.05) is 0 Å². The van der Waals surface area contributed by atoms with Crippen molar-refractivity contribution in [3.05, 3.63) is 34.1 Å². The second-order valence-electron chi connectivity index (χ2n) is 3.03. The van der Waals surface area contributed by atoms with E-state index in [4.69, 9.17) is 0 Å². The Hall–Kier alpha value is -0.220. The van der Waals surface area contributed by atoms with Gasteiger partial charge in [-0.3, -0.25) is 4.79 Å². The Bertz CT molecular complexity index is 352. The van der Waals surface area contributed by atoms with Crippen LogP contribution in [0.25, 0.3) is 0 Å². The molecule has 1 aromatic carbocycles. The molecule has 0 aliphatic carbocycles. The Morgan fingerprint density at radius 3 is 2.71 bits per heavy atom. The Morgan fingerprint density at radius 1 is 1.57 bits per heavy atom. The lowest BCUT2D eigenvalue weighted by atomic mass is 10.1. The molecule has 0 amide bonds. The molecule has 0 fully saturated rings. The van der Waals surface area contributed by atoms with Crippen LogP contribution in [0.4, 0.5) is 4.39 Å². The van der Waals surface area contributed by atoms with Crippen LogP contribution < -0.4 is 0 Å². The Labute approximate surface area is 99.0 Å². The molecular weight excluding hydrogens is 315 g/mol. The van der Waals surface area contributed by atoms with Gasteiger partial charge in [-0.2, -0.15) is 0 Å². The van der Waals surface area contributed by atoms with Crippen molar-refractivity contribution in [3.63, 3.8) is 0 Å². The smallest absolute Gasteiger partial charge is 0.143 e. The fraction of sp³-hybridized carbons (Fsp3) is 0.300. The minimum atomic E-state index is -0.300. The molecule has 1 nitrogen and oxygen atoms in total. The summed E-state index contributed by atoms with van der Waals surface area (Å²) in [6.07, 6.45) is 0.513. The number of hydrogen-bond donors (Lipinski definition) is 0. The molecule has 1 aromatic rings. The zero-order valence-electron chi connectivity index (χ0n) is 7.56. The summed E-state index contributed by atoms with van der Waals surface area (Å²) in [5.74, 6) is -0.251. The fourth-order valence-electron chi connectivity index (χ4n) is 1.02. The molecule has 0 N–H and O–H groups in total. The second kappa shape index (κ2) is 5.03. The average Bonchev–Trinajstić information content (AvgIpc) is 2.11. The van der Waals surface area contributed by atoms with Gasteiger partial charge >= 0.3 is 0 Å². The zero-order chi connectivity index (χ0) is 10.7. The van der Waals surface area contributed by atoms with Crippen LogP contribution in [0.5, 0.6) is 0 Å². The minimum absolute atomic E-state index is 0.0494. The highest BCUT2D eigenvalue weighted by Crippen LogP contribution is 2.18. The third-order valence-electron chi connectivity index (χ3n) is 1.84. The number of hydrogen-bond acceptors (Lipinski definition) is 1. The van der Waals surface area contributed by atoms with E-state index >= 15 is 0 Å². The lowest BCUT2D eigenvalue weighted by Gasteiger charge is -2.06. The third kappa shape index (κ3) is 3.17. The van der Waals surface area contributed by atoms with Crippen molar-refractivity contribution in [2.24, 2.45) is 0 Å². The molecule has 1 unspecified atom stereocenters. The van der Waals surface area contributed by atoms with E-state index in [1.54, 1.807) is 12.1 Å². The van der Waals surface area contributed by atoms with Crippen molar-refractivity contribution < 1.29 is 9.18 Å². The summed E-state index contributed by atoms with van der Waals surface area (Å²) < 4.78 is 13.5. The van der Waals surface area contributed by atoms with Crippen LogP contribution in [0.3, 0.4) is 0 Å². The average molecular weight is 324 g/mol. The highest BCUT2D eigenvalue weighted by atomic mass is 79.9. The Morgan fingerprint density at radius 2 is 2.21 bits per heavy atom. The molecule has 0 saturated heterocycles. The van der Waals surface area contributed by atoms with E-state index in [9.17, 15) is 9.18 Å². The summed E-state index contributed by atoms with van der Waals surface area (Å²) in [6, 6.07) is 4.87. The number of benzene rings is 1. The van der Waals surface area contributed by atoms with Crippen molar-refractivity contribution in [1.82, 2.24) is 0 Å². The number of halogens is 3. The minimum Gasteiger partial charge on any atom is -0.299 e. The van der Waals surface area contributed by atoms with Gasteiger partial charge in [-0.05, 0) is 47.0 Å². The number of Topliss-reactive ketones (excluding diaryl/α,β-unsaturated/α-hetero) is 1. The van der Waals surface area contributed by atoms with Crippen LogP contribution in [0.2, 0.25) is 0 Å². The summed E-state index contributed by atoms with van der Waals surface area (Å²) >= 11 is 6.31. The molecule has 0 heterocycles. The molecule has 14 heavy (non-hydrogen) atoms. The highest BCUT2D eigenvalue weighted by Gasteiger charge is 2.11. The maximum Gasteiger partial charge on any atom is 0.143 e. The van der Waals surface area contributed by atoms with Gasteiger partial charge in [-0.15, -0.1) is 0 Å². The van der Waals surface area contributed by atoms with Crippen molar-refractivity contribution in [2.45, 2.75) is 18.2 Å². The van der Waals surface area contributed by atoms with Gasteiger partial charge in [0.25, 0.3) is 0 Å². The molecule has 1 rings (SSSR count). The number of carbonyl (C=O) groups excluding carboxylic acids is 1. The van der Waals surface area contributed by atoms with Gasteiger partial charge in [0.05, 0.1) is 9.30 Å². The Balaban J connectivity index is 2.78. The van der Waals surface area contributed by atoms with Gasteiger partial charge < -0.3 is 0 Å². The quantitative estimate of drug-likeness (QED) is 0.778. The van der Waals surface area contributed by atoms with Crippen LogP contribution >= 0.6 is 31.9 Å². The van der Waals surface area contributed by atoms with Gasteiger partial charge in [-0.25, -0.2) is 4.39 Å². The fourth-order valence-corrected chi connectivity index (χ4v) is 1.64. The zero-order valence-corrected chi connectivity index (χ0v) is 10.7. The predicted octanol–water partition coefficient (Wildman–Crippen LogP) is 3.48. The van der Waals surface area contributed by atoms with E-state index in [0.29, 0.717) is 10.9 Å². The maximum absolute atomic E-state index is 13.1. The first-order chi connectivity index (χ1) is 6.50. The monoisotopic (exact) mass is 322 g/mol. The molecule has 0 spiro atoms. The molecule has 0 bridgehead atoms. The largest absolute Gasteiger partial charge is 0.299 e. The first-order valence-electron chi connectivity index (χ1n) is 4.09. The van der Waals surface area contributed by atoms with E-state index in [2.05, 4.69) is 31.9 Å². The molecule has 0 radical (unpaired) electrons. The highest BCUT2D eigenvalue weighted by molar-refractivity contribution is 9.10. The number of rotatable bonds is 3. The predicted molar refractivity (Wildman–Crippen MR) is 61.2 cm³/mol. The van der Waals surface area contributed by atoms with Crippen LogP contribution in [-0.2, 0) is 11.2 Å². The molecule has 0 aromatic heterocycles. The lowest BCUT2D eigenvalue weighted by Crippen LogP contribution is -2.12. The lowest BCUT2D eigenvalue weighted by molar-refractivity contribution is -0.116. The molecule has 4 heteroatoms. The summed E-state index contributed by atoms with van der Waals surface area (Å²) in [4.78, 5) is 10.7.